The average Bonchev–Trinajstić information content (AvgIpc) is 2.86. The number of hydrogen-bond acceptors (Lipinski definition) is 10. The van der Waals surface area contributed by atoms with E-state index >= 15 is 0 Å². The number of aliphatic hydroxyl groups is 6. The lowest BCUT2D eigenvalue weighted by Gasteiger charge is -2.32. The molecule has 0 aliphatic heterocycles. The van der Waals surface area contributed by atoms with Crippen molar-refractivity contribution in [2.75, 3.05) is 92.1 Å². The number of nitrogens with zero attached hydrogens (tertiary/aromatic N) is 2. The predicted octanol–water partition coefficient (Wildman–Crippen LogP) is 0.173. The molecule has 2 atom stereocenters. The molecule has 0 aromatic rings. The third-order valence-electron chi connectivity index (χ3n) is 5.54. The maximum absolute atomic E-state index is 10.2. The van der Waals surface area contributed by atoms with Gasteiger partial charge in [-0.3, -0.25) is 9.80 Å². The van der Waals surface area contributed by atoms with Gasteiger partial charge in [-0.05, 0) is 12.8 Å². The third kappa shape index (κ3) is 21.4. The minimum absolute atomic E-state index is 0.0384. The molecule has 0 amide bonds. The first-order valence-corrected chi connectivity index (χ1v) is 13.3. The summed E-state index contributed by atoms with van der Waals surface area (Å²) in [6.45, 7) is 15.2. The Hall–Kier alpha value is -0.400. The second-order valence-corrected chi connectivity index (χ2v) is 8.04. The summed E-state index contributed by atoms with van der Waals surface area (Å²) in [5.74, 6) is 0. The van der Waals surface area contributed by atoms with Crippen LogP contribution in [0.25, 0.3) is 0 Å². The van der Waals surface area contributed by atoms with Crippen molar-refractivity contribution in [1.29, 1.82) is 0 Å². The molecule has 0 rings (SSSR count). The monoisotopic (exact) mass is 514 g/mol. The van der Waals surface area contributed by atoms with Crippen LogP contribution in [-0.4, -0.2) is 145 Å². The number of rotatable bonds is 22. The first-order chi connectivity index (χ1) is 16.9. The van der Waals surface area contributed by atoms with Crippen LogP contribution in [0.15, 0.2) is 0 Å². The molecule has 0 aromatic heterocycles. The summed E-state index contributed by atoms with van der Waals surface area (Å²) in [5, 5.41) is 56.6. The fourth-order valence-corrected chi connectivity index (χ4v) is 3.38. The summed E-state index contributed by atoms with van der Waals surface area (Å²) in [5.41, 5.74) is -0.231. The van der Waals surface area contributed by atoms with Gasteiger partial charge in [-0.2, -0.15) is 0 Å². The van der Waals surface area contributed by atoms with Gasteiger partial charge in [0.25, 0.3) is 0 Å². The predicted molar refractivity (Wildman–Crippen MR) is 141 cm³/mol. The molecule has 35 heavy (non-hydrogen) atoms. The van der Waals surface area contributed by atoms with Gasteiger partial charge in [0.2, 0.25) is 0 Å². The van der Waals surface area contributed by atoms with Crippen LogP contribution in [0.2, 0.25) is 0 Å². The molecule has 0 bridgehead atoms. The Morgan fingerprint density at radius 3 is 1.11 bits per heavy atom. The Balaban J connectivity index is -0.00000242. The van der Waals surface area contributed by atoms with Gasteiger partial charge in [0.05, 0.1) is 65.1 Å². The molecule has 0 aliphatic carbocycles. The second kappa shape index (κ2) is 28.2. The number of aliphatic hydroxyl groups excluding tert-OH is 6. The van der Waals surface area contributed by atoms with Crippen LogP contribution < -0.4 is 0 Å². The van der Waals surface area contributed by atoms with Crippen molar-refractivity contribution >= 4 is 0 Å². The highest BCUT2D eigenvalue weighted by Crippen LogP contribution is 2.27. The molecule has 0 saturated heterocycles. The quantitative estimate of drug-likeness (QED) is 0.118. The van der Waals surface area contributed by atoms with Gasteiger partial charge in [0.15, 0.2) is 0 Å². The van der Waals surface area contributed by atoms with Gasteiger partial charge in [-0.1, -0.05) is 41.5 Å². The van der Waals surface area contributed by atoms with Crippen LogP contribution in [0.4, 0.5) is 0 Å². The molecule has 6 N–H and O–H groups in total. The van der Waals surface area contributed by atoms with E-state index < -0.39 is 12.2 Å². The van der Waals surface area contributed by atoms with E-state index in [-0.39, 0.29) is 45.1 Å². The van der Waals surface area contributed by atoms with Gasteiger partial charge in [0.1, 0.15) is 0 Å². The molecule has 0 saturated carbocycles. The highest BCUT2D eigenvalue weighted by molar-refractivity contribution is 4.77. The van der Waals surface area contributed by atoms with E-state index in [1.165, 1.54) is 0 Å². The van der Waals surface area contributed by atoms with Gasteiger partial charge >= 0.3 is 0 Å². The SMILES string of the molecule is CC.CC.CCC(CC)(COCC(O)CN(CCO)CCO)COCC(O)CN(CCO)CCO. The molecule has 2 unspecified atom stereocenters. The third-order valence-corrected chi connectivity index (χ3v) is 5.54. The van der Waals surface area contributed by atoms with Crippen molar-refractivity contribution in [2.45, 2.75) is 66.6 Å². The van der Waals surface area contributed by atoms with Crippen LogP contribution in [0.1, 0.15) is 54.4 Å². The normalized spacial score (nSPS) is 13.2. The minimum atomic E-state index is -0.726. The van der Waals surface area contributed by atoms with Gasteiger partial charge in [-0.25, -0.2) is 0 Å². The molecule has 0 fully saturated rings. The minimum Gasteiger partial charge on any atom is -0.395 e. The molecular weight excluding hydrogens is 456 g/mol. The zero-order valence-corrected chi connectivity index (χ0v) is 23.4. The number of ether oxygens (including phenoxy) is 2. The van der Waals surface area contributed by atoms with Crippen LogP contribution in [0.3, 0.4) is 0 Å². The van der Waals surface area contributed by atoms with Crippen molar-refractivity contribution in [3.05, 3.63) is 0 Å². The molecule has 10 heteroatoms. The molecule has 0 radical (unpaired) electrons. The van der Waals surface area contributed by atoms with E-state index in [1.54, 1.807) is 9.80 Å². The topological polar surface area (TPSA) is 146 Å². The van der Waals surface area contributed by atoms with Crippen LogP contribution in [0, 0.1) is 5.41 Å². The van der Waals surface area contributed by atoms with E-state index in [0.717, 1.165) is 12.8 Å². The van der Waals surface area contributed by atoms with Crippen molar-refractivity contribution in [3.8, 4) is 0 Å². The Kier molecular flexibility index (Phi) is 31.5. The van der Waals surface area contributed by atoms with E-state index in [2.05, 4.69) is 13.8 Å². The lowest BCUT2D eigenvalue weighted by Crippen LogP contribution is -2.40. The van der Waals surface area contributed by atoms with Gasteiger partial charge < -0.3 is 40.1 Å². The van der Waals surface area contributed by atoms with Crippen molar-refractivity contribution in [2.24, 2.45) is 5.41 Å². The lowest BCUT2D eigenvalue weighted by molar-refractivity contribution is -0.0687. The van der Waals surface area contributed by atoms with Crippen LogP contribution in [-0.2, 0) is 9.47 Å². The van der Waals surface area contributed by atoms with Gasteiger partial charge in [0, 0.05) is 44.7 Å². The highest BCUT2D eigenvalue weighted by atomic mass is 16.5. The first-order valence-electron chi connectivity index (χ1n) is 13.3. The molecule has 10 nitrogen and oxygen atoms in total. The molecule has 0 heterocycles. The fourth-order valence-electron chi connectivity index (χ4n) is 3.38. The lowest BCUT2D eigenvalue weighted by atomic mass is 9.84. The molecule has 0 aromatic carbocycles. The van der Waals surface area contributed by atoms with Crippen molar-refractivity contribution in [3.63, 3.8) is 0 Å². The fraction of sp³-hybridized carbons (Fsp3) is 1.00. The van der Waals surface area contributed by atoms with Crippen molar-refractivity contribution in [1.82, 2.24) is 9.80 Å². The zero-order valence-electron chi connectivity index (χ0n) is 23.4. The van der Waals surface area contributed by atoms with Crippen molar-refractivity contribution < 1.29 is 40.1 Å². The highest BCUT2D eigenvalue weighted by Gasteiger charge is 2.28. The Morgan fingerprint density at radius 1 is 0.600 bits per heavy atom. The summed E-state index contributed by atoms with van der Waals surface area (Å²) in [7, 11) is 0. The van der Waals surface area contributed by atoms with Crippen LogP contribution >= 0.6 is 0 Å². The Bertz CT molecular complexity index is 360. The summed E-state index contributed by atoms with van der Waals surface area (Å²) in [6.07, 6.45) is 0.184. The molecule has 216 valence electrons. The van der Waals surface area contributed by atoms with E-state index in [0.29, 0.717) is 52.5 Å². The number of hydrogen-bond donors (Lipinski definition) is 6. The maximum Gasteiger partial charge on any atom is 0.0900 e. The summed E-state index contributed by atoms with van der Waals surface area (Å²) < 4.78 is 11.6. The summed E-state index contributed by atoms with van der Waals surface area (Å²) in [4.78, 5) is 3.56. The standard InChI is InChI=1S/C21H46N2O8.2C2H6/c1-3-21(4-2,17-30-15-19(28)13-22(5-9-24)6-10-25)18-31-16-20(29)14-23(7-11-26)8-12-27;2*1-2/h19-20,24-29H,3-18H2,1-2H3;2*1-2H3. The molecular formula is C25H58N2O8. The van der Waals surface area contributed by atoms with Crippen LogP contribution in [0.5, 0.6) is 0 Å². The van der Waals surface area contributed by atoms with E-state index in [9.17, 15) is 10.2 Å². The van der Waals surface area contributed by atoms with E-state index in [1.807, 2.05) is 27.7 Å². The summed E-state index contributed by atoms with van der Waals surface area (Å²) in [6, 6.07) is 0. The Labute approximate surface area is 214 Å². The smallest absolute Gasteiger partial charge is 0.0900 e. The van der Waals surface area contributed by atoms with Gasteiger partial charge in [-0.15, -0.1) is 0 Å². The first kappa shape index (κ1) is 39.1. The average molecular weight is 515 g/mol. The Morgan fingerprint density at radius 2 is 0.886 bits per heavy atom. The van der Waals surface area contributed by atoms with E-state index in [4.69, 9.17) is 29.9 Å². The largest absolute Gasteiger partial charge is 0.395 e. The summed E-state index contributed by atoms with van der Waals surface area (Å²) >= 11 is 0. The maximum atomic E-state index is 10.2. The zero-order chi connectivity index (χ0) is 27.5. The molecule has 0 spiro atoms. The second-order valence-electron chi connectivity index (χ2n) is 8.04. The molecule has 0 aliphatic rings.